The first kappa shape index (κ1) is 9.77. The Kier molecular flexibility index (Phi) is 2.91. The van der Waals surface area contributed by atoms with Crippen molar-refractivity contribution in [1.29, 1.82) is 0 Å². The van der Waals surface area contributed by atoms with Crippen LogP contribution >= 0.6 is 0 Å². The lowest BCUT2D eigenvalue weighted by atomic mass is 10.1. The van der Waals surface area contributed by atoms with E-state index in [0.29, 0.717) is 23.5 Å². The molecule has 76 valence electrons. The molecule has 0 aromatic heterocycles. The molecule has 2 rings (SSSR count). The summed E-state index contributed by atoms with van der Waals surface area (Å²) in [6.07, 6.45) is 6.15. The molecule has 1 fully saturated rings. The van der Waals surface area contributed by atoms with Crippen LogP contribution in [0.5, 0.6) is 0 Å². The van der Waals surface area contributed by atoms with Gasteiger partial charge in [-0.25, -0.2) is 0 Å². The summed E-state index contributed by atoms with van der Waals surface area (Å²) in [6.45, 7) is 2.09. The molecule has 2 aliphatic rings. The van der Waals surface area contributed by atoms with Gasteiger partial charge in [0.05, 0.1) is 0 Å². The fraction of sp³-hybridized carbons (Fsp3) is 0.769. The van der Waals surface area contributed by atoms with Gasteiger partial charge in [0.15, 0.2) is 0 Å². The fourth-order valence-corrected chi connectivity index (χ4v) is 2.78. The minimum atomic E-state index is 0.414. The van der Waals surface area contributed by atoms with Gasteiger partial charge >= 0.3 is 0 Å². The van der Waals surface area contributed by atoms with Gasteiger partial charge in [-0.05, 0) is 31.1 Å². The van der Waals surface area contributed by atoms with Crippen LogP contribution in [-0.4, -0.2) is 5.78 Å². The number of fused-ring (bicyclic) bond motifs is 1. The lowest BCUT2D eigenvalue weighted by Gasteiger charge is -1.96. The number of hydrogen-bond donors (Lipinski definition) is 0. The maximum absolute atomic E-state index is 11.8. The van der Waals surface area contributed by atoms with Crippen LogP contribution in [0.2, 0.25) is 0 Å². The van der Waals surface area contributed by atoms with Crippen LogP contribution in [0.3, 0.4) is 0 Å². The van der Waals surface area contributed by atoms with Gasteiger partial charge in [0.25, 0.3) is 0 Å². The average molecular weight is 190 g/mol. The number of carbonyl (C=O) groups excluding carboxylic acids is 1. The normalized spacial score (nSPS) is 34.5. The molecule has 0 heterocycles. The third-order valence-corrected chi connectivity index (χ3v) is 3.53. The SMILES string of the molecule is CCCC(=O)C1C2CCC#CCCC21. The second-order valence-corrected chi connectivity index (χ2v) is 4.50. The van der Waals surface area contributed by atoms with Gasteiger partial charge in [-0.2, -0.15) is 0 Å². The van der Waals surface area contributed by atoms with Gasteiger partial charge < -0.3 is 0 Å². The van der Waals surface area contributed by atoms with Crippen molar-refractivity contribution in [2.24, 2.45) is 17.8 Å². The van der Waals surface area contributed by atoms with Gasteiger partial charge in [-0.15, -0.1) is 11.8 Å². The van der Waals surface area contributed by atoms with Crippen LogP contribution in [0.1, 0.15) is 45.4 Å². The molecule has 1 saturated carbocycles. The maximum Gasteiger partial charge on any atom is 0.136 e. The molecule has 0 aromatic rings. The zero-order valence-electron chi connectivity index (χ0n) is 8.88. The van der Waals surface area contributed by atoms with E-state index < -0.39 is 0 Å². The molecule has 1 nitrogen and oxygen atoms in total. The number of Topliss-reactive ketones (excluding diaryl/α,β-unsaturated/α-hetero) is 1. The first-order valence-electron chi connectivity index (χ1n) is 5.83. The van der Waals surface area contributed by atoms with Crippen molar-refractivity contribution in [2.45, 2.75) is 45.4 Å². The molecular weight excluding hydrogens is 172 g/mol. The largest absolute Gasteiger partial charge is 0.299 e. The first-order chi connectivity index (χ1) is 6.84. The van der Waals surface area contributed by atoms with E-state index in [4.69, 9.17) is 0 Å². The molecule has 0 aromatic carbocycles. The van der Waals surface area contributed by atoms with Crippen molar-refractivity contribution in [3.63, 3.8) is 0 Å². The Balaban J connectivity index is 1.91. The molecule has 1 heteroatoms. The third kappa shape index (κ3) is 1.85. The Morgan fingerprint density at radius 2 is 1.79 bits per heavy atom. The lowest BCUT2D eigenvalue weighted by molar-refractivity contribution is -0.120. The highest BCUT2D eigenvalue weighted by atomic mass is 16.1. The Bertz CT molecular complexity index is 263. The van der Waals surface area contributed by atoms with Gasteiger partial charge in [0, 0.05) is 25.2 Å². The number of hydrogen-bond acceptors (Lipinski definition) is 1. The van der Waals surface area contributed by atoms with E-state index in [9.17, 15) is 4.79 Å². The predicted octanol–water partition coefficient (Wildman–Crippen LogP) is 2.80. The highest BCUT2D eigenvalue weighted by molar-refractivity contribution is 5.84. The van der Waals surface area contributed by atoms with E-state index in [1.165, 1.54) is 0 Å². The molecule has 14 heavy (non-hydrogen) atoms. The minimum Gasteiger partial charge on any atom is -0.299 e. The predicted molar refractivity (Wildman–Crippen MR) is 56.6 cm³/mol. The smallest absolute Gasteiger partial charge is 0.136 e. The Labute approximate surface area is 86.3 Å². The van der Waals surface area contributed by atoms with Crippen LogP contribution in [0.4, 0.5) is 0 Å². The maximum atomic E-state index is 11.8. The van der Waals surface area contributed by atoms with Crippen molar-refractivity contribution < 1.29 is 4.79 Å². The summed E-state index contributed by atoms with van der Waals surface area (Å²) in [6, 6.07) is 0. The second-order valence-electron chi connectivity index (χ2n) is 4.50. The van der Waals surface area contributed by atoms with Gasteiger partial charge in [0.2, 0.25) is 0 Å². The number of carbonyl (C=O) groups is 1. The summed E-state index contributed by atoms with van der Waals surface area (Å²) >= 11 is 0. The summed E-state index contributed by atoms with van der Waals surface area (Å²) in [5.74, 6) is 8.68. The lowest BCUT2D eigenvalue weighted by Crippen LogP contribution is -2.02. The standard InChI is InChI=1S/C13H18O/c1-2-7-12(14)13-10-8-5-3-4-6-9-11(10)13/h10-11,13H,2,5-9H2,1H3. The molecule has 0 aliphatic heterocycles. The highest BCUT2D eigenvalue weighted by Crippen LogP contribution is 2.53. The van der Waals surface area contributed by atoms with Gasteiger partial charge in [0.1, 0.15) is 5.78 Å². The monoisotopic (exact) mass is 190 g/mol. The molecule has 0 amide bonds. The zero-order chi connectivity index (χ0) is 9.97. The van der Waals surface area contributed by atoms with Crippen LogP contribution in [0.15, 0.2) is 0 Å². The first-order valence-corrected chi connectivity index (χ1v) is 5.83. The molecule has 0 radical (unpaired) electrons. The van der Waals surface area contributed by atoms with Gasteiger partial charge in [-0.1, -0.05) is 6.92 Å². The van der Waals surface area contributed by atoms with Crippen LogP contribution in [0.25, 0.3) is 0 Å². The number of rotatable bonds is 3. The van der Waals surface area contributed by atoms with Crippen molar-refractivity contribution in [2.75, 3.05) is 0 Å². The summed E-state index contributed by atoms with van der Waals surface area (Å²) in [7, 11) is 0. The average Bonchev–Trinajstić information content (AvgIpc) is 2.77. The van der Waals surface area contributed by atoms with Crippen LogP contribution in [-0.2, 0) is 4.79 Å². The van der Waals surface area contributed by atoms with Crippen molar-refractivity contribution in [3.05, 3.63) is 0 Å². The van der Waals surface area contributed by atoms with Crippen LogP contribution in [0, 0.1) is 29.6 Å². The second kappa shape index (κ2) is 4.17. The topological polar surface area (TPSA) is 17.1 Å². The fourth-order valence-electron chi connectivity index (χ4n) is 2.78. The number of ketones is 1. The van der Waals surface area contributed by atoms with E-state index in [0.717, 1.165) is 38.5 Å². The summed E-state index contributed by atoms with van der Waals surface area (Å²) in [4.78, 5) is 11.8. The highest BCUT2D eigenvalue weighted by Gasteiger charge is 2.52. The summed E-state index contributed by atoms with van der Waals surface area (Å²) in [5, 5.41) is 0. The Hall–Kier alpha value is -0.770. The van der Waals surface area contributed by atoms with Crippen molar-refractivity contribution in [3.8, 4) is 11.8 Å². The van der Waals surface area contributed by atoms with E-state index in [2.05, 4.69) is 18.8 Å². The molecule has 2 aliphatic carbocycles. The van der Waals surface area contributed by atoms with E-state index >= 15 is 0 Å². The molecular formula is C13H18O. The molecule has 0 spiro atoms. The molecule has 2 atom stereocenters. The zero-order valence-corrected chi connectivity index (χ0v) is 8.88. The van der Waals surface area contributed by atoms with Crippen LogP contribution < -0.4 is 0 Å². The van der Waals surface area contributed by atoms with E-state index in [-0.39, 0.29) is 0 Å². The van der Waals surface area contributed by atoms with E-state index in [1.54, 1.807) is 0 Å². The molecule has 0 saturated heterocycles. The van der Waals surface area contributed by atoms with Gasteiger partial charge in [-0.3, -0.25) is 4.79 Å². The van der Waals surface area contributed by atoms with E-state index in [1.807, 2.05) is 0 Å². The third-order valence-electron chi connectivity index (χ3n) is 3.53. The Morgan fingerprint density at radius 1 is 1.21 bits per heavy atom. The summed E-state index contributed by atoms with van der Waals surface area (Å²) in [5.41, 5.74) is 0. The van der Waals surface area contributed by atoms with Crippen molar-refractivity contribution >= 4 is 5.78 Å². The Morgan fingerprint density at radius 3 is 2.29 bits per heavy atom. The minimum absolute atomic E-state index is 0.414. The molecule has 0 N–H and O–H groups in total. The van der Waals surface area contributed by atoms with Crippen molar-refractivity contribution in [1.82, 2.24) is 0 Å². The molecule has 0 bridgehead atoms. The quantitative estimate of drug-likeness (QED) is 0.625. The summed E-state index contributed by atoms with van der Waals surface area (Å²) < 4.78 is 0. The molecule has 2 unspecified atom stereocenters.